The minimum atomic E-state index is -3.12. The van der Waals surface area contributed by atoms with Gasteiger partial charge in [0.2, 0.25) is 5.91 Å². The Kier molecular flexibility index (Phi) is 12.0. The smallest absolute Gasteiger partial charge is 0.411 e. The summed E-state index contributed by atoms with van der Waals surface area (Å²) in [6.07, 6.45) is 2.83. The number of carbonyl (C=O) groups excluding carboxylic acids is 2. The molecule has 266 valence electrons. The van der Waals surface area contributed by atoms with Crippen LogP contribution in [-0.2, 0) is 21.0 Å². The monoisotopic (exact) mass is 773 g/mol. The number of halogens is 4. The van der Waals surface area contributed by atoms with E-state index in [1.165, 1.54) is 31.5 Å². The van der Waals surface area contributed by atoms with Crippen molar-refractivity contribution in [1.82, 2.24) is 14.5 Å². The molecule has 0 spiro atoms. The standard InChI is InChI=1S/C35H39BrF3N5O5Si/c1-47-35(46)41-22-13-14-23-27(18-22)42-29(45)11-6-5-8-24(33-43-31(23)32(36)44(33)20-48-16-17-50(2,3)4)26-15-12-21(19-40-26)30-25(37)9-7-10-28(30)49-34(38)39/h7,9-10,12-15,18-19,24,34H,5-6,8,11,16-17,20H2,1-4H3,(H,41,46)(H,42,45). The number of rotatable bonds is 10. The average molecular weight is 775 g/mol. The minimum Gasteiger partial charge on any atom is -0.453 e. The summed E-state index contributed by atoms with van der Waals surface area (Å²) in [6, 6.07) is 13.2. The molecule has 10 nitrogen and oxygen atoms in total. The maximum atomic E-state index is 14.9. The van der Waals surface area contributed by atoms with Crippen molar-refractivity contribution in [1.29, 1.82) is 0 Å². The summed E-state index contributed by atoms with van der Waals surface area (Å²) in [4.78, 5) is 34.9. The molecule has 0 aliphatic carbocycles. The van der Waals surface area contributed by atoms with Gasteiger partial charge in [0.05, 0.1) is 30.0 Å². The molecule has 15 heteroatoms. The molecule has 5 rings (SSSR count). The van der Waals surface area contributed by atoms with Gasteiger partial charge in [0, 0.05) is 44.1 Å². The lowest BCUT2D eigenvalue weighted by Crippen LogP contribution is -2.22. The normalized spacial score (nSPS) is 15.1. The lowest BCUT2D eigenvalue weighted by atomic mass is 9.95. The SMILES string of the molecule is COC(=O)Nc1ccc2c(c1)NC(=O)CCCCC(c1ccc(-c3c(F)cccc3OC(F)F)cn1)c1nc-2c(Br)n1COCC[Si](C)(C)C. The van der Waals surface area contributed by atoms with Gasteiger partial charge in [-0.25, -0.2) is 14.2 Å². The first-order chi connectivity index (χ1) is 23.8. The van der Waals surface area contributed by atoms with Crippen molar-refractivity contribution in [2.24, 2.45) is 0 Å². The molecule has 2 aromatic heterocycles. The second-order valence-electron chi connectivity index (χ2n) is 13.1. The number of alkyl halides is 2. The molecule has 2 N–H and O–H groups in total. The number of amides is 2. The van der Waals surface area contributed by atoms with Crippen LogP contribution in [0.25, 0.3) is 22.4 Å². The Hall–Kier alpha value is -4.21. The number of imidazole rings is 1. The number of methoxy groups -OCH3 is 1. The summed E-state index contributed by atoms with van der Waals surface area (Å²) in [7, 11) is -0.109. The van der Waals surface area contributed by atoms with Crippen molar-refractivity contribution in [3.8, 4) is 28.1 Å². The molecule has 50 heavy (non-hydrogen) atoms. The van der Waals surface area contributed by atoms with E-state index in [0.29, 0.717) is 64.6 Å². The Labute approximate surface area is 297 Å². The number of hydrogen-bond acceptors (Lipinski definition) is 7. The number of nitrogens with zero attached hydrogens (tertiary/aromatic N) is 3. The highest BCUT2D eigenvalue weighted by Gasteiger charge is 2.29. The molecule has 2 amide bonds. The summed E-state index contributed by atoms with van der Waals surface area (Å²) >= 11 is 3.78. The molecule has 0 fully saturated rings. The molecular weight excluding hydrogens is 735 g/mol. The number of nitrogens with one attached hydrogen (secondary N) is 2. The summed E-state index contributed by atoms with van der Waals surface area (Å²) in [5.74, 6) is -0.925. The molecule has 3 heterocycles. The minimum absolute atomic E-state index is 0.114. The van der Waals surface area contributed by atoms with E-state index in [-0.39, 0.29) is 41.9 Å². The van der Waals surface area contributed by atoms with Gasteiger partial charge in [0.1, 0.15) is 34.4 Å². The van der Waals surface area contributed by atoms with E-state index in [2.05, 4.69) is 50.9 Å². The van der Waals surface area contributed by atoms with Crippen LogP contribution in [0.15, 0.2) is 59.3 Å². The summed E-state index contributed by atoms with van der Waals surface area (Å²) in [5.41, 5.74) is 2.80. The molecule has 1 unspecified atom stereocenters. The summed E-state index contributed by atoms with van der Waals surface area (Å²) in [5, 5.41) is 5.62. The van der Waals surface area contributed by atoms with E-state index in [0.717, 1.165) is 6.04 Å². The van der Waals surface area contributed by atoms with Gasteiger partial charge in [-0.05, 0) is 71.2 Å². The lowest BCUT2D eigenvalue weighted by Gasteiger charge is -2.20. The Morgan fingerprint density at radius 2 is 1.96 bits per heavy atom. The van der Waals surface area contributed by atoms with E-state index in [1.807, 2.05) is 4.57 Å². The van der Waals surface area contributed by atoms with Crippen molar-refractivity contribution in [2.75, 3.05) is 24.4 Å². The van der Waals surface area contributed by atoms with Gasteiger partial charge in [0.15, 0.2) is 0 Å². The zero-order chi connectivity index (χ0) is 36.0. The molecule has 0 radical (unpaired) electrons. The zero-order valence-corrected chi connectivity index (χ0v) is 30.8. The maximum absolute atomic E-state index is 14.9. The van der Waals surface area contributed by atoms with Crippen LogP contribution in [0.3, 0.4) is 0 Å². The van der Waals surface area contributed by atoms with Crippen molar-refractivity contribution < 1.29 is 37.0 Å². The Balaban J connectivity index is 1.60. The third-order valence-corrected chi connectivity index (χ3v) is 10.7. The number of fused-ring (bicyclic) bond motifs is 4. The zero-order valence-electron chi connectivity index (χ0n) is 28.2. The van der Waals surface area contributed by atoms with Crippen LogP contribution in [0.5, 0.6) is 5.75 Å². The van der Waals surface area contributed by atoms with Gasteiger partial charge in [-0.1, -0.05) is 38.2 Å². The van der Waals surface area contributed by atoms with E-state index in [1.54, 1.807) is 30.3 Å². The van der Waals surface area contributed by atoms with E-state index in [9.17, 15) is 22.8 Å². The molecule has 2 aromatic carbocycles. The second kappa shape index (κ2) is 16.2. The Morgan fingerprint density at radius 3 is 2.66 bits per heavy atom. The highest BCUT2D eigenvalue weighted by Crippen LogP contribution is 2.41. The van der Waals surface area contributed by atoms with Gasteiger partial charge in [0.25, 0.3) is 0 Å². The van der Waals surface area contributed by atoms with Crippen LogP contribution in [0.2, 0.25) is 25.7 Å². The summed E-state index contributed by atoms with van der Waals surface area (Å²) < 4.78 is 59.3. The number of ether oxygens (including phenoxy) is 3. The largest absolute Gasteiger partial charge is 0.453 e. The van der Waals surface area contributed by atoms with Crippen molar-refractivity contribution in [3.63, 3.8) is 0 Å². The second-order valence-corrected chi connectivity index (χ2v) is 19.4. The van der Waals surface area contributed by atoms with E-state index in [4.69, 9.17) is 19.4 Å². The topological polar surface area (TPSA) is 117 Å². The molecular formula is C35H39BrF3N5O5Si. The highest BCUT2D eigenvalue weighted by molar-refractivity contribution is 9.10. The quantitative estimate of drug-likeness (QED) is 0.122. The number of pyridine rings is 1. The van der Waals surface area contributed by atoms with Crippen LogP contribution in [0.4, 0.5) is 29.3 Å². The number of carbonyl (C=O) groups is 2. The molecule has 1 aliphatic rings. The fourth-order valence-electron chi connectivity index (χ4n) is 5.64. The van der Waals surface area contributed by atoms with E-state index < -0.39 is 26.6 Å². The third kappa shape index (κ3) is 9.11. The van der Waals surface area contributed by atoms with Gasteiger partial charge in [-0.2, -0.15) is 8.78 Å². The van der Waals surface area contributed by atoms with Crippen molar-refractivity contribution in [2.45, 2.75) is 70.6 Å². The van der Waals surface area contributed by atoms with Crippen LogP contribution >= 0.6 is 15.9 Å². The molecule has 1 atom stereocenters. The van der Waals surface area contributed by atoms with Gasteiger partial charge < -0.3 is 19.5 Å². The first-order valence-electron chi connectivity index (χ1n) is 16.2. The van der Waals surface area contributed by atoms with Gasteiger partial charge >= 0.3 is 12.7 Å². The number of benzene rings is 2. The van der Waals surface area contributed by atoms with Crippen LogP contribution in [-0.4, -0.2) is 54.9 Å². The van der Waals surface area contributed by atoms with Crippen LogP contribution < -0.4 is 15.4 Å². The Bertz CT molecular complexity index is 1830. The average Bonchev–Trinajstić information content (AvgIpc) is 3.37. The number of anilines is 2. The number of hydrogen-bond donors (Lipinski definition) is 2. The fourth-order valence-corrected chi connectivity index (χ4v) is 6.98. The van der Waals surface area contributed by atoms with Crippen LogP contribution in [0, 0.1) is 5.82 Å². The van der Waals surface area contributed by atoms with Gasteiger partial charge in [-0.15, -0.1) is 0 Å². The fraction of sp³-hybridized carbons (Fsp3) is 0.371. The molecule has 1 aliphatic heterocycles. The molecule has 2 bridgehead atoms. The van der Waals surface area contributed by atoms with Crippen molar-refractivity contribution in [3.05, 3.63) is 76.7 Å². The molecule has 0 saturated carbocycles. The van der Waals surface area contributed by atoms with Gasteiger partial charge in [-0.3, -0.25) is 19.7 Å². The number of aromatic nitrogens is 3. The van der Waals surface area contributed by atoms with Crippen LogP contribution in [0.1, 0.15) is 43.1 Å². The first kappa shape index (κ1) is 37.1. The third-order valence-electron chi connectivity index (χ3n) is 8.21. The molecule has 0 saturated heterocycles. The maximum Gasteiger partial charge on any atom is 0.411 e. The van der Waals surface area contributed by atoms with E-state index >= 15 is 0 Å². The Morgan fingerprint density at radius 1 is 1.16 bits per heavy atom. The van der Waals surface area contributed by atoms with Crippen molar-refractivity contribution >= 4 is 47.4 Å². The lowest BCUT2D eigenvalue weighted by molar-refractivity contribution is -0.116. The molecule has 4 aromatic rings. The highest BCUT2D eigenvalue weighted by atomic mass is 79.9. The first-order valence-corrected chi connectivity index (χ1v) is 20.7. The predicted octanol–water partition coefficient (Wildman–Crippen LogP) is 9.25. The summed E-state index contributed by atoms with van der Waals surface area (Å²) in [6.45, 7) is 4.46. The predicted molar refractivity (Wildman–Crippen MR) is 191 cm³/mol.